The van der Waals surface area contributed by atoms with Crippen LogP contribution in [0.2, 0.25) is 0 Å². The van der Waals surface area contributed by atoms with E-state index < -0.39 is 10.0 Å². The van der Waals surface area contributed by atoms with E-state index in [-0.39, 0.29) is 5.03 Å². The Bertz CT molecular complexity index is 1530. The first kappa shape index (κ1) is 19.8. The van der Waals surface area contributed by atoms with Gasteiger partial charge in [0, 0.05) is 41.9 Å². The Hall–Kier alpha value is -4.11. The van der Waals surface area contributed by atoms with Gasteiger partial charge >= 0.3 is 0 Å². The van der Waals surface area contributed by atoms with Gasteiger partial charge < -0.3 is 4.98 Å². The number of sulfonamides is 1. The van der Waals surface area contributed by atoms with Crippen LogP contribution in [0.15, 0.2) is 84.7 Å². The monoisotopic (exact) mass is 442 g/mol. The average molecular weight is 443 g/mol. The summed E-state index contributed by atoms with van der Waals surface area (Å²) in [5, 5.41) is 0.911. The Kier molecular flexibility index (Phi) is 4.87. The molecule has 158 valence electrons. The minimum Gasteiger partial charge on any atom is -0.348 e. The van der Waals surface area contributed by atoms with E-state index in [1.165, 1.54) is 12.4 Å². The molecule has 0 aliphatic carbocycles. The number of aromatic nitrogens is 5. The molecule has 0 saturated carbocycles. The van der Waals surface area contributed by atoms with Gasteiger partial charge in [0.25, 0.3) is 10.0 Å². The fourth-order valence-electron chi connectivity index (χ4n) is 3.50. The second kappa shape index (κ2) is 7.86. The highest BCUT2D eigenvalue weighted by Crippen LogP contribution is 2.31. The smallest absolute Gasteiger partial charge is 0.280 e. The van der Waals surface area contributed by atoms with Crippen LogP contribution in [0.5, 0.6) is 0 Å². The number of imidazole rings is 1. The molecule has 0 amide bonds. The fourth-order valence-corrected chi connectivity index (χ4v) is 4.50. The normalized spacial score (nSPS) is 11.5. The van der Waals surface area contributed by atoms with Crippen molar-refractivity contribution in [3.63, 3.8) is 0 Å². The number of aryl methyl sites for hydroxylation is 1. The van der Waals surface area contributed by atoms with Gasteiger partial charge in [0.05, 0.1) is 17.4 Å². The molecule has 0 aliphatic rings. The zero-order valence-electron chi connectivity index (χ0n) is 17.0. The molecule has 8 nitrogen and oxygen atoms in total. The van der Waals surface area contributed by atoms with Crippen molar-refractivity contribution in [3.05, 3.63) is 85.5 Å². The van der Waals surface area contributed by atoms with E-state index in [0.717, 1.165) is 33.2 Å². The number of rotatable bonds is 5. The summed E-state index contributed by atoms with van der Waals surface area (Å²) in [6.07, 6.45) is 9.81. The van der Waals surface area contributed by atoms with E-state index in [2.05, 4.69) is 29.6 Å². The molecular formula is C23H18N6O2S. The summed E-state index contributed by atoms with van der Waals surface area (Å²) in [6, 6.07) is 13.5. The fraction of sp³-hybridized carbons (Fsp3) is 0.0435. The van der Waals surface area contributed by atoms with Crippen LogP contribution in [0.25, 0.3) is 33.2 Å². The van der Waals surface area contributed by atoms with Gasteiger partial charge in [-0.05, 0) is 60.0 Å². The second-order valence-corrected chi connectivity index (χ2v) is 8.85. The average Bonchev–Trinajstić information content (AvgIpc) is 3.26. The van der Waals surface area contributed by atoms with Gasteiger partial charge in [-0.15, -0.1) is 0 Å². The van der Waals surface area contributed by atoms with Crippen LogP contribution in [0.1, 0.15) is 5.82 Å². The number of benzene rings is 1. The summed E-state index contributed by atoms with van der Waals surface area (Å²) >= 11 is 0. The lowest BCUT2D eigenvalue weighted by atomic mass is 9.98. The van der Waals surface area contributed by atoms with E-state index in [9.17, 15) is 8.42 Å². The predicted molar refractivity (Wildman–Crippen MR) is 122 cm³/mol. The van der Waals surface area contributed by atoms with Crippen molar-refractivity contribution >= 4 is 26.6 Å². The Labute approximate surface area is 184 Å². The molecule has 0 saturated heterocycles. The third kappa shape index (κ3) is 3.81. The number of hydrogen-bond acceptors (Lipinski definition) is 6. The molecule has 9 heteroatoms. The first-order valence-electron chi connectivity index (χ1n) is 9.79. The minimum atomic E-state index is -3.82. The Morgan fingerprint density at radius 1 is 0.875 bits per heavy atom. The van der Waals surface area contributed by atoms with Crippen LogP contribution >= 0.6 is 0 Å². The van der Waals surface area contributed by atoms with Crippen molar-refractivity contribution in [1.82, 2.24) is 24.9 Å². The van der Waals surface area contributed by atoms with Crippen LogP contribution in [0.4, 0.5) is 5.69 Å². The summed E-state index contributed by atoms with van der Waals surface area (Å²) in [4.78, 5) is 19.6. The van der Waals surface area contributed by atoms with Gasteiger partial charge in [0.15, 0.2) is 5.03 Å². The number of pyridine rings is 3. The van der Waals surface area contributed by atoms with Gasteiger partial charge in [-0.25, -0.2) is 4.98 Å². The molecule has 0 atom stereocenters. The molecule has 32 heavy (non-hydrogen) atoms. The Balaban J connectivity index is 1.54. The van der Waals surface area contributed by atoms with E-state index in [1.54, 1.807) is 37.8 Å². The lowest BCUT2D eigenvalue weighted by molar-refractivity contribution is 0.598. The molecule has 0 aliphatic heterocycles. The number of aromatic amines is 1. The lowest BCUT2D eigenvalue weighted by Gasteiger charge is -2.10. The van der Waals surface area contributed by atoms with Crippen molar-refractivity contribution in [2.75, 3.05) is 4.72 Å². The van der Waals surface area contributed by atoms with Crippen LogP contribution in [-0.2, 0) is 10.0 Å². The first-order valence-corrected chi connectivity index (χ1v) is 11.3. The molecule has 2 N–H and O–H groups in total. The molecule has 5 aromatic rings. The van der Waals surface area contributed by atoms with E-state index in [1.807, 2.05) is 36.4 Å². The summed E-state index contributed by atoms with van der Waals surface area (Å²) in [7, 11) is -3.82. The number of fused-ring (bicyclic) bond motifs is 1. The topological polar surface area (TPSA) is 114 Å². The van der Waals surface area contributed by atoms with Gasteiger partial charge in [-0.3, -0.25) is 19.7 Å². The van der Waals surface area contributed by atoms with Crippen molar-refractivity contribution in [1.29, 1.82) is 0 Å². The second-order valence-electron chi connectivity index (χ2n) is 7.22. The minimum absolute atomic E-state index is 0.0702. The van der Waals surface area contributed by atoms with Crippen molar-refractivity contribution in [2.45, 2.75) is 11.9 Å². The molecule has 5 rings (SSSR count). The highest BCUT2D eigenvalue weighted by molar-refractivity contribution is 7.92. The zero-order chi connectivity index (χ0) is 22.1. The summed E-state index contributed by atoms with van der Waals surface area (Å²) in [5.74, 6) is 0.520. The standard InChI is InChI=1S/C23H18N6O2S/c1-15-27-14-23(28-15)32(30,31)29-19-10-18(12-25-13-19)17-2-3-22-21(11-17)20(6-9-26-22)16-4-7-24-8-5-16/h2-14,29H,1H3,(H,27,28). The molecule has 0 radical (unpaired) electrons. The third-order valence-electron chi connectivity index (χ3n) is 5.01. The summed E-state index contributed by atoms with van der Waals surface area (Å²) in [6.45, 7) is 1.69. The maximum Gasteiger partial charge on any atom is 0.280 e. The summed E-state index contributed by atoms with van der Waals surface area (Å²) < 4.78 is 27.7. The van der Waals surface area contributed by atoms with Crippen LogP contribution < -0.4 is 4.72 Å². The number of anilines is 1. The highest BCUT2D eigenvalue weighted by Gasteiger charge is 2.18. The van der Waals surface area contributed by atoms with E-state index in [4.69, 9.17) is 0 Å². The Morgan fingerprint density at radius 2 is 1.72 bits per heavy atom. The van der Waals surface area contributed by atoms with Crippen molar-refractivity contribution in [2.24, 2.45) is 0 Å². The van der Waals surface area contributed by atoms with E-state index >= 15 is 0 Å². The molecule has 4 aromatic heterocycles. The molecule has 1 aromatic carbocycles. The molecule has 0 bridgehead atoms. The third-order valence-corrected chi connectivity index (χ3v) is 6.28. The van der Waals surface area contributed by atoms with E-state index in [0.29, 0.717) is 11.5 Å². The van der Waals surface area contributed by atoms with Crippen LogP contribution in [-0.4, -0.2) is 33.3 Å². The van der Waals surface area contributed by atoms with Crippen LogP contribution in [0, 0.1) is 6.92 Å². The van der Waals surface area contributed by atoms with Crippen LogP contribution in [0.3, 0.4) is 0 Å². The number of nitrogens with one attached hydrogen (secondary N) is 2. The molecule has 4 heterocycles. The maximum atomic E-state index is 12.6. The molecule has 0 unspecified atom stereocenters. The SMILES string of the molecule is Cc1nc(S(=O)(=O)Nc2cncc(-c3ccc4nccc(-c5ccncc5)c4c3)c2)c[nH]1. The van der Waals surface area contributed by atoms with Gasteiger partial charge in [0.2, 0.25) is 0 Å². The van der Waals surface area contributed by atoms with Gasteiger partial charge in [0.1, 0.15) is 5.82 Å². The molecular weight excluding hydrogens is 424 g/mol. The van der Waals surface area contributed by atoms with Crippen molar-refractivity contribution in [3.8, 4) is 22.3 Å². The first-order chi connectivity index (χ1) is 15.5. The molecule has 0 fully saturated rings. The lowest BCUT2D eigenvalue weighted by Crippen LogP contribution is -2.13. The number of hydrogen-bond donors (Lipinski definition) is 2. The quantitative estimate of drug-likeness (QED) is 0.422. The highest BCUT2D eigenvalue weighted by atomic mass is 32.2. The maximum absolute atomic E-state index is 12.6. The molecule has 0 spiro atoms. The van der Waals surface area contributed by atoms with Gasteiger partial charge in [-0.1, -0.05) is 6.07 Å². The van der Waals surface area contributed by atoms with Crippen molar-refractivity contribution < 1.29 is 8.42 Å². The number of nitrogens with zero attached hydrogens (tertiary/aromatic N) is 4. The number of H-pyrrole nitrogens is 1. The summed E-state index contributed by atoms with van der Waals surface area (Å²) in [5.41, 5.74) is 4.96. The predicted octanol–water partition coefficient (Wildman–Crippen LogP) is 4.19. The zero-order valence-corrected chi connectivity index (χ0v) is 17.8. The Morgan fingerprint density at radius 3 is 2.50 bits per heavy atom. The van der Waals surface area contributed by atoms with Gasteiger partial charge in [-0.2, -0.15) is 8.42 Å². The largest absolute Gasteiger partial charge is 0.348 e.